The molecule has 0 bridgehead atoms. The smallest absolute Gasteiger partial charge is 0.326 e. The summed E-state index contributed by atoms with van der Waals surface area (Å²) in [5.74, 6) is 0.881. The van der Waals surface area contributed by atoms with Crippen LogP contribution in [0.3, 0.4) is 0 Å². The highest BCUT2D eigenvalue weighted by atomic mass is 32.2. The molecule has 0 spiro atoms. The third-order valence-electron chi connectivity index (χ3n) is 2.31. The van der Waals surface area contributed by atoms with E-state index < -0.39 is 16.1 Å². The second-order valence-corrected chi connectivity index (χ2v) is 5.90. The van der Waals surface area contributed by atoms with Crippen molar-refractivity contribution in [2.24, 2.45) is 0 Å². The number of aliphatic hydroxyl groups excluding tert-OH is 1. The molecular formula is C10H15N3O4S. The summed E-state index contributed by atoms with van der Waals surface area (Å²) in [6, 6.07) is 3.52. The molecule has 0 aliphatic carbocycles. The molecule has 1 aliphatic rings. The largest absolute Gasteiger partial charge is 0.493 e. The van der Waals surface area contributed by atoms with E-state index >= 15 is 0 Å². The molecule has 1 aromatic heterocycles. The van der Waals surface area contributed by atoms with Crippen LogP contribution in [0.1, 0.15) is 11.5 Å². The van der Waals surface area contributed by atoms with E-state index in [0.717, 1.165) is 16.3 Å². The van der Waals surface area contributed by atoms with Gasteiger partial charge in [-0.25, -0.2) is 9.03 Å². The molecule has 7 nitrogen and oxygen atoms in total. The Kier molecular flexibility index (Phi) is 3.22. The average molecular weight is 273 g/mol. The highest BCUT2D eigenvalue weighted by Gasteiger charge is 2.27. The number of hydrogen-bond acceptors (Lipinski definition) is 5. The molecule has 1 aliphatic heterocycles. The summed E-state index contributed by atoms with van der Waals surface area (Å²) in [5, 5.41) is 9.13. The highest BCUT2D eigenvalue weighted by molar-refractivity contribution is 7.87. The van der Waals surface area contributed by atoms with Crippen LogP contribution in [0.2, 0.25) is 0 Å². The molecule has 18 heavy (non-hydrogen) atoms. The van der Waals surface area contributed by atoms with Gasteiger partial charge in [-0.05, 0) is 26.2 Å². The molecule has 100 valence electrons. The number of nitrogens with zero attached hydrogens (tertiary/aromatic N) is 2. The second-order valence-electron chi connectivity index (χ2n) is 4.27. The van der Waals surface area contributed by atoms with E-state index in [4.69, 9.17) is 9.52 Å². The molecule has 2 heterocycles. The van der Waals surface area contributed by atoms with E-state index in [9.17, 15) is 8.42 Å². The SMILES string of the molecule is CN(C)Cc1ccc(CN2C=C(O)NS2(=O)=O)o1. The van der Waals surface area contributed by atoms with Gasteiger partial charge in [-0.3, -0.25) is 0 Å². The second kappa shape index (κ2) is 4.54. The van der Waals surface area contributed by atoms with Gasteiger partial charge in [0.15, 0.2) is 0 Å². The number of furan rings is 1. The zero-order valence-electron chi connectivity index (χ0n) is 10.1. The molecule has 0 atom stereocenters. The summed E-state index contributed by atoms with van der Waals surface area (Å²) in [6.07, 6.45) is 1.11. The minimum Gasteiger partial charge on any atom is -0.493 e. The maximum atomic E-state index is 11.5. The quantitative estimate of drug-likeness (QED) is 0.826. The Labute approximate surface area is 105 Å². The maximum Gasteiger partial charge on any atom is 0.326 e. The predicted molar refractivity (Wildman–Crippen MR) is 64.4 cm³/mol. The van der Waals surface area contributed by atoms with Crippen molar-refractivity contribution >= 4 is 10.2 Å². The molecule has 0 aromatic carbocycles. The van der Waals surface area contributed by atoms with E-state index in [0.29, 0.717) is 12.3 Å². The van der Waals surface area contributed by atoms with Crippen LogP contribution in [0.15, 0.2) is 28.6 Å². The Balaban J connectivity index is 2.08. The fourth-order valence-corrected chi connectivity index (χ4v) is 2.58. The number of aliphatic hydroxyl groups is 1. The molecule has 8 heteroatoms. The first-order chi connectivity index (χ1) is 8.37. The molecule has 2 rings (SSSR count). The van der Waals surface area contributed by atoms with Gasteiger partial charge in [-0.2, -0.15) is 8.42 Å². The van der Waals surface area contributed by atoms with Gasteiger partial charge in [0, 0.05) is 0 Å². The van der Waals surface area contributed by atoms with Gasteiger partial charge >= 0.3 is 10.2 Å². The fraction of sp³-hybridized carbons (Fsp3) is 0.400. The Morgan fingerprint density at radius 3 is 2.61 bits per heavy atom. The lowest BCUT2D eigenvalue weighted by Gasteiger charge is -2.11. The standard InChI is InChI=1S/C10H15N3O4S/c1-12(2)5-8-3-4-9(17-8)6-13-7-10(14)11-18(13,15)16/h3-4,7,11,14H,5-6H2,1-2H3. The third-order valence-corrected chi connectivity index (χ3v) is 3.63. The highest BCUT2D eigenvalue weighted by Crippen LogP contribution is 2.17. The van der Waals surface area contributed by atoms with Gasteiger partial charge in [0.25, 0.3) is 0 Å². The van der Waals surface area contributed by atoms with Gasteiger partial charge in [-0.1, -0.05) is 0 Å². The first-order valence-corrected chi connectivity index (χ1v) is 6.73. The van der Waals surface area contributed by atoms with E-state index in [1.165, 1.54) is 0 Å². The Morgan fingerprint density at radius 1 is 1.39 bits per heavy atom. The van der Waals surface area contributed by atoms with Crippen LogP contribution in [0, 0.1) is 0 Å². The van der Waals surface area contributed by atoms with Crippen LogP contribution in [-0.4, -0.2) is 36.8 Å². The van der Waals surface area contributed by atoms with Crippen molar-refractivity contribution in [3.63, 3.8) is 0 Å². The van der Waals surface area contributed by atoms with Gasteiger partial charge < -0.3 is 14.4 Å². The first-order valence-electron chi connectivity index (χ1n) is 5.29. The predicted octanol–water partition coefficient (Wildman–Crippen LogP) is 0.348. The number of hydrogen-bond donors (Lipinski definition) is 2. The summed E-state index contributed by atoms with van der Waals surface area (Å²) < 4.78 is 31.5. The molecule has 0 amide bonds. The van der Waals surface area contributed by atoms with Gasteiger partial charge in [0.2, 0.25) is 5.88 Å². The van der Waals surface area contributed by atoms with Crippen molar-refractivity contribution in [1.29, 1.82) is 0 Å². The van der Waals surface area contributed by atoms with Gasteiger partial charge in [0.05, 0.1) is 19.3 Å². The van der Waals surface area contributed by atoms with Crippen molar-refractivity contribution in [3.8, 4) is 0 Å². The zero-order chi connectivity index (χ0) is 13.3. The molecule has 0 saturated heterocycles. The zero-order valence-corrected chi connectivity index (χ0v) is 10.9. The third kappa shape index (κ3) is 2.77. The summed E-state index contributed by atoms with van der Waals surface area (Å²) in [5.41, 5.74) is 0. The van der Waals surface area contributed by atoms with Crippen molar-refractivity contribution < 1.29 is 17.9 Å². The van der Waals surface area contributed by atoms with Crippen molar-refractivity contribution in [3.05, 3.63) is 35.7 Å². The van der Waals surface area contributed by atoms with Crippen molar-refractivity contribution in [2.75, 3.05) is 14.1 Å². The van der Waals surface area contributed by atoms with E-state index in [1.807, 2.05) is 23.7 Å². The molecular weight excluding hydrogens is 258 g/mol. The molecule has 2 N–H and O–H groups in total. The summed E-state index contributed by atoms with van der Waals surface area (Å²) in [6.45, 7) is 0.693. The van der Waals surface area contributed by atoms with Crippen LogP contribution >= 0.6 is 0 Å². The minimum atomic E-state index is -3.68. The Morgan fingerprint density at radius 2 is 2.06 bits per heavy atom. The summed E-state index contributed by atoms with van der Waals surface area (Å²) in [7, 11) is 0.151. The van der Waals surface area contributed by atoms with Crippen molar-refractivity contribution in [1.82, 2.24) is 13.9 Å². The monoisotopic (exact) mass is 273 g/mol. The first kappa shape index (κ1) is 12.8. The van der Waals surface area contributed by atoms with Gasteiger partial charge in [0.1, 0.15) is 11.5 Å². The molecule has 0 saturated carbocycles. The lowest BCUT2D eigenvalue weighted by molar-refractivity contribution is 0.332. The Bertz CT molecular complexity index is 561. The van der Waals surface area contributed by atoms with Crippen LogP contribution in [0.4, 0.5) is 0 Å². The topological polar surface area (TPSA) is 86.0 Å². The number of nitrogens with one attached hydrogen (secondary N) is 1. The Hall–Kier alpha value is -1.67. The number of rotatable bonds is 4. The van der Waals surface area contributed by atoms with Crippen LogP contribution < -0.4 is 4.72 Å². The molecule has 0 unspecified atom stereocenters. The fourth-order valence-electron chi connectivity index (χ4n) is 1.61. The van der Waals surface area contributed by atoms with Crippen LogP contribution in [0.5, 0.6) is 0 Å². The molecule has 0 fully saturated rings. The average Bonchev–Trinajstić information content (AvgIpc) is 2.71. The normalized spacial score (nSPS) is 17.9. The maximum absolute atomic E-state index is 11.5. The molecule has 1 aromatic rings. The van der Waals surface area contributed by atoms with Crippen LogP contribution in [-0.2, 0) is 23.3 Å². The minimum absolute atomic E-state index is 0.0484. The van der Waals surface area contributed by atoms with Gasteiger partial charge in [-0.15, -0.1) is 0 Å². The summed E-state index contributed by atoms with van der Waals surface area (Å²) in [4.78, 5) is 1.95. The van der Waals surface area contributed by atoms with E-state index in [-0.39, 0.29) is 6.54 Å². The summed E-state index contributed by atoms with van der Waals surface area (Å²) >= 11 is 0. The molecule has 0 radical (unpaired) electrons. The lowest BCUT2D eigenvalue weighted by Crippen LogP contribution is -2.29. The van der Waals surface area contributed by atoms with Crippen LogP contribution in [0.25, 0.3) is 0 Å². The lowest BCUT2D eigenvalue weighted by atomic mass is 10.4. The van der Waals surface area contributed by atoms with E-state index in [1.54, 1.807) is 12.1 Å². The van der Waals surface area contributed by atoms with E-state index in [2.05, 4.69) is 0 Å². The van der Waals surface area contributed by atoms with Crippen molar-refractivity contribution in [2.45, 2.75) is 13.1 Å².